The maximum absolute atomic E-state index is 12.4. The van der Waals surface area contributed by atoms with Crippen molar-refractivity contribution in [2.45, 2.75) is 26.5 Å². The number of benzene rings is 2. The number of hydrogen-bond acceptors (Lipinski definition) is 3. The lowest BCUT2D eigenvalue weighted by Gasteiger charge is -2.25. The van der Waals surface area contributed by atoms with Gasteiger partial charge in [0.25, 0.3) is 5.56 Å². The third-order valence-electron chi connectivity index (χ3n) is 4.92. The largest absolute Gasteiger partial charge is 0.496 e. The fourth-order valence-corrected chi connectivity index (χ4v) is 3.58. The number of pyridine rings is 1. The molecule has 0 amide bonds. The Morgan fingerprint density at radius 1 is 1.08 bits per heavy atom. The second-order valence-corrected chi connectivity index (χ2v) is 6.52. The van der Waals surface area contributed by atoms with Crippen LogP contribution in [0.2, 0.25) is 0 Å². The van der Waals surface area contributed by atoms with Gasteiger partial charge in [0.05, 0.1) is 12.8 Å². The highest BCUT2D eigenvalue weighted by molar-refractivity contribution is 5.71. The van der Waals surface area contributed by atoms with Crippen molar-refractivity contribution in [3.63, 3.8) is 0 Å². The molecule has 3 aromatic rings. The van der Waals surface area contributed by atoms with E-state index in [1.54, 1.807) is 13.2 Å². The summed E-state index contributed by atoms with van der Waals surface area (Å²) in [5, 5.41) is 0. The number of fused-ring (bicyclic) bond motifs is 3. The van der Waals surface area contributed by atoms with E-state index in [0.717, 1.165) is 34.6 Å². The minimum absolute atomic E-state index is 0.0162. The highest BCUT2D eigenvalue weighted by Gasteiger charge is 2.21. The number of methoxy groups -OCH3 is 1. The topological polar surface area (TPSA) is 40.5 Å². The fraction of sp³-hybridized carbons (Fsp3) is 0.227. The first-order valence-corrected chi connectivity index (χ1v) is 8.76. The van der Waals surface area contributed by atoms with Gasteiger partial charge in [-0.05, 0) is 42.7 Å². The first-order chi connectivity index (χ1) is 12.7. The van der Waals surface area contributed by atoms with Crippen LogP contribution in [0.1, 0.15) is 16.7 Å². The molecule has 0 spiro atoms. The van der Waals surface area contributed by atoms with Crippen LogP contribution in [-0.2, 0) is 19.6 Å². The van der Waals surface area contributed by atoms with E-state index >= 15 is 0 Å². The van der Waals surface area contributed by atoms with E-state index in [1.165, 1.54) is 5.56 Å². The van der Waals surface area contributed by atoms with Gasteiger partial charge in [-0.3, -0.25) is 4.79 Å². The van der Waals surface area contributed by atoms with Crippen LogP contribution < -0.4 is 15.0 Å². The van der Waals surface area contributed by atoms with Gasteiger partial charge in [-0.15, -0.1) is 0 Å². The molecule has 1 aromatic heterocycles. The van der Waals surface area contributed by atoms with Crippen LogP contribution in [0.15, 0.2) is 59.4 Å². The van der Waals surface area contributed by atoms with Crippen LogP contribution in [0.5, 0.6) is 11.5 Å². The van der Waals surface area contributed by atoms with Crippen molar-refractivity contribution in [1.82, 2.24) is 4.57 Å². The summed E-state index contributed by atoms with van der Waals surface area (Å²) in [6.07, 6.45) is 0.816. The molecule has 4 nitrogen and oxygen atoms in total. The monoisotopic (exact) mass is 347 g/mol. The molecule has 1 aliphatic rings. The van der Waals surface area contributed by atoms with E-state index in [1.807, 2.05) is 41.8 Å². The van der Waals surface area contributed by atoms with Crippen LogP contribution in [-0.4, -0.2) is 11.7 Å². The van der Waals surface area contributed by atoms with Gasteiger partial charge in [-0.2, -0.15) is 0 Å². The normalized spacial score (nSPS) is 12.2. The zero-order chi connectivity index (χ0) is 18.1. The molecule has 0 bridgehead atoms. The number of nitrogens with zero attached hydrogens (tertiary/aromatic N) is 1. The molecule has 0 unspecified atom stereocenters. The smallest absolute Gasteiger partial charge is 0.254 e. The second kappa shape index (κ2) is 6.71. The molecule has 132 valence electrons. The highest BCUT2D eigenvalue weighted by Crippen LogP contribution is 2.36. The van der Waals surface area contributed by atoms with Crippen LogP contribution in [0.25, 0.3) is 11.3 Å². The number of aromatic nitrogens is 1. The molecule has 0 aliphatic carbocycles. The zero-order valence-electron chi connectivity index (χ0n) is 15.0. The minimum atomic E-state index is -0.0162. The summed E-state index contributed by atoms with van der Waals surface area (Å²) in [5.74, 6) is 1.49. The molecular weight excluding hydrogens is 326 g/mol. The highest BCUT2D eigenvalue weighted by atomic mass is 16.5. The van der Waals surface area contributed by atoms with Crippen LogP contribution in [0.4, 0.5) is 0 Å². The van der Waals surface area contributed by atoms with Gasteiger partial charge in [0.1, 0.15) is 18.1 Å². The predicted molar refractivity (Wildman–Crippen MR) is 102 cm³/mol. The lowest BCUT2D eigenvalue weighted by atomic mass is 9.94. The maximum Gasteiger partial charge on any atom is 0.254 e. The van der Waals surface area contributed by atoms with Crippen molar-refractivity contribution in [2.24, 2.45) is 0 Å². The summed E-state index contributed by atoms with van der Waals surface area (Å²) >= 11 is 0. The molecule has 0 N–H and O–H groups in total. The van der Waals surface area contributed by atoms with Gasteiger partial charge in [-0.25, -0.2) is 0 Å². The standard InChI is InChI=1S/C22H21NO3/c1-15-20(25-2)13-21(24)23-11-10-17-12-18(8-9-19(17)22(15)23)26-14-16-6-4-3-5-7-16/h3-9,12-13H,10-11,14H2,1-2H3. The van der Waals surface area contributed by atoms with Crippen molar-refractivity contribution >= 4 is 0 Å². The quantitative estimate of drug-likeness (QED) is 0.717. The molecule has 0 radical (unpaired) electrons. The number of rotatable bonds is 4. The summed E-state index contributed by atoms with van der Waals surface area (Å²) in [6, 6.07) is 17.8. The SMILES string of the molecule is COc1cc(=O)n2c(c1C)-c1ccc(OCc3ccccc3)cc1CC2. The van der Waals surface area contributed by atoms with Gasteiger partial charge < -0.3 is 14.0 Å². The van der Waals surface area contributed by atoms with Crippen LogP contribution >= 0.6 is 0 Å². The zero-order valence-corrected chi connectivity index (χ0v) is 15.0. The lowest BCUT2D eigenvalue weighted by Crippen LogP contribution is -2.26. The van der Waals surface area contributed by atoms with Crippen molar-refractivity contribution < 1.29 is 9.47 Å². The van der Waals surface area contributed by atoms with Gasteiger partial charge in [0, 0.05) is 23.7 Å². The van der Waals surface area contributed by atoms with Crippen molar-refractivity contribution in [1.29, 1.82) is 0 Å². The van der Waals surface area contributed by atoms with Gasteiger partial charge >= 0.3 is 0 Å². The Bertz CT molecular complexity index is 1010. The number of hydrogen-bond donors (Lipinski definition) is 0. The average molecular weight is 347 g/mol. The Hall–Kier alpha value is -3.01. The third kappa shape index (κ3) is 2.88. The predicted octanol–water partition coefficient (Wildman–Crippen LogP) is 3.97. The Kier molecular flexibility index (Phi) is 4.25. The van der Waals surface area contributed by atoms with Crippen LogP contribution in [0, 0.1) is 6.92 Å². The Morgan fingerprint density at radius 2 is 1.88 bits per heavy atom. The molecule has 4 heteroatoms. The van der Waals surface area contributed by atoms with Crippen molar-refractivity contribution in [3.05, 3.63) is 81.6 Å². The third-order valence-corrected chi connectivity index (χ3v) is 4.92. The Labute approximate surface area is 152 Å². The Morgan fingerprint density at radius 3 is 2.65 bits per heavy atom. The molecule has 0 atom stereocenters. The molecule has 2 heterocycles. The molecular formula is C22H21NO3. The first-order valence-electron chi connectivity index (χ1n) is 8.76. The summed E-state index contributed by atoms with van der Waals surface area (Å²) in [4.78, 5) is 12.4. The summed E-state index contributed by atoms with van der Waals surface area (Å²) < 4.78 is 13.2. The molecule has 26 heavy (non-hydrogen) atoms. The van der Waals surface area contributed by atoms with Gasteiger partial charge in [-0.1, -0.05) is 30.3 Å². The minimum Gasteiger partial charge on any atom is -0.496 e. The summed E-state index contributed by atoms with van der Waals surface area (Å²) in [7, 11) is 1.60. The average Bonchev–Trinajstić information content (AvgIpc) is 2.69. The van der Waals surface area contributed by atoms with E-state index in [2.05, 4.69) is 18.2 Å². The lowest BCUT2D eigenvalue weighted by molar-refractivity contribution is 0.306. The molecule has 0 fully saturated rings. The van der Waals surface area contributed by atoms with E-state index in [-0.39, 0.29) is 5.56 Å². The maximum atomic E-state index is 12.4. The van der Waals surface area contributed by atoms with Crippen molar-refractivity contribution in [3.8, 4) is 22.8 Å². The Balaban J connectivity index is 1.68. The van der Waals surface area contributed by atoms with E-state index in [4.69, 9.17) is 9.47 Å². The molecule has 4 rings (SSSR count). The van der Waals surface area contributed by atoms with Gasteiger partial charge in [0.2, 0.25) is 0 Å². The molecule has 0 saturated carbocycles. The van der Waals surface area contributed by atoms with Gasteiger partial charge in [0.15, 0.2) is 0 Å². The van der Waals surface area contributed by atoms with E-state index < -0.39 is 0 Å². The fourth-order valence-electron chi connectivity index (χ4n) is 3.58. The molecule has 0 saturated heterocycles. The molecule has 1 aliphatic heterocycles. The number of aryl methyl sites for hydroxylation is 1. The number of ether oxygens (including phenoxy) is 2. The summed E-state index contributed by atoms with van der Waals surface area (Å²) in [5.41, 5.74) is 5.35. The first kappa shape index (κ1) is 16.5. The summed E-state index contributed by atoms with van der Waals surface area (Å²) in [6.45, 7) is 3.22. The second-order valence-electron chi connectivity index (χ2n) is 6.52. The van der Waals surface area contributed by atoms with E-state index in [0.29, 0.717) is 18.9 Å². The molecule has 2 aromatic carbocycles. The van der Waals surface area contributed by atoms with E-state index in [9.17, 15) is 4.79 Å². The van der Waals surface area contributed by atoms with Crippen molar-refractivity contribution in [2.75, 3.05) is 7.11 Å². The van der Waals surface area contributed by atoms with Crippen LogP contribution in [0.3, 0.4) is 0 Å².